The van der Waals surface area contributed by atoms with Crippen LogP contribution in [-0.2, 0) is 10.8 Å². The third-order valence-electron chi connectivity index (χ3n) is 14.7. The van der Waals surface area contributed by atoms with Crippen LogP contribution in [0.1, 0.15) is 55.6 Å². The lowest BCUT2D eigenvalue weighted by Crippen LogP contribution is -2.43. The zero-order valence-electron chi connectivity index (χ0n) is 37.0. The molecule has 3 aliphatic rings. The molecule has 10 aromatic carbocycles. The van der Waals surface area contributed by atoms with Crippen LogP contribution in [0.2, 0.25) is 0 Å². The molecule has 0 fully saturated rings. The Bertz CT molecular complexity index is 3350. The SMILES string of the molecule is Cc1ccc(N(c2ccc(C)cc2)c2ccc(N(c3ccccc3)c3cccc4c3-c3ccccc3C43c4ccccc4C4(c5ccccc5-c5ccccc54)c4ccccc43)cc2)cc1. The lowest BCUT2D eigenvalue weighted by molar-refractivity contribution is 0.633. The Morgan fingerprint density at radius 1 is 0.242 bits per heavy atom. The van der Waals surface area contributed by atoms with Crippen molar-refractivity contribution in [2.45, 2.75) is 24.7 Å². The van der Waals surface area contributed by atoms with Gasteiger partial charge in [-0.25, -0.2) is 0 Å². The smallest absolute Gasteiger partial charge is 0.0720 e. The zero-order chi connectivity index (χ0) is 44.0. The predicted octanol–water partition coefficient (Wildman–Crippen LogP) is 16.3. The second kappa shape index (κ2) is 14.7. The summed E-state index contributed by atoms with van der Waals surface area (Å²) in [6.07, 6.45) is 0. The summed E-state index contributed by atoms with van der Waals surface area (Å²) in [4.78, 5) is 4.81. The van der Waals surface area contributed by atoms with Crippen molar-refractivity contribution in [3.63, 3.8) is 0 Å². The van der Waals surface area contributed by atoms with Crippen molar-refractivity contribution < 1.29 is 0 Å². The number of benzene rings is 10. The molecule has 0 aliphatic heterocycles. The topological polar surface area (TPSA) is 6.48 Å². The Labute approximate surface area is 387 Å². The van der Waals surface area contributed by atoms with Gasteiger partial charge in [-0.15, -0.1) is 0 Å². The number of para-hydroxylation sites is 1. The summed E-state index contributed by atoms with van der Waals surface area (Å²) in [5.41, 5.74) is 23.9. The monoisotopic (exact) mass is 842 g/mol. The highest BCUT2D eigenvalue weighted by atomic mass is 15.2. The molecule has 0 N–H and O–H groups in total. The molecule has 66 heavy (non-hydrogen) atoms. The van der Waals surface area contributed by atoms with Gasteiger partial charge in [0.1, 0.15) is 0 Å². The average molecular weight is 843 g/mol. The zero-order valence-corrected chi connectivity index (χ0v) is 37.0. The first-order valence-corrected chi connectivity index (χ1v) is 23.1. The maximum atomic E-state index is 2.46. The largest absolute Gasteiger partial charge is 0.311 e. The molecule has 0 amide bonds. The number of fused-ring (bicyclic) bond motifs is 16. The second-order valence-corrected chi connectivity index (χ2v) is 18.1. The molecule has 312 valence electrons. The number of nitrogens with zero attached hydrogens (tertiary/aromatic N) is 2. The second-order valence-electron chi connectivity index (χ2n) is 18.1. The molecule has 0 unspecified atom stereocenters. The highest BCUT2D eigenvalue weighted by Gasteiger charge is 2.59. The van der Waals surface area contributed by atoms with E-state index in [0.29, 0.717) is 0 Å². The molecule has 0 atom stereocenters. The van der Waals surface area contributed by atoms with Crippen LogP contribution in [-0.4, -0.2) is 0 Å². The molecule has 2 nitrogen and oxygen atoms in total. The molecule has 0 heterocycles. The molecule has 0 bridgehead atoms. The quantitative estimate of drug-likeness (QED) is 0.165. The van der Waals surface area contributed by atoms with E-state index in [4.69, 9.17) is 0 Å². The van der Waals surface area contributed by atoms with Crippen LogP contribution in [0.3, 0.4) is 0 Å². The Kier molecular flexibility index (Phi) is 8.51. The summed E-state index contributed by atoms with van der Waals surface area (Å²) < 4.78 is 0. The fourth-order valence-corrected chi connectivity index (χ4v) is 12.0. The van der Waals surface area contributed by atoms with E-state index in [1.165, 1.54) is 77.9 Å². The van der Waals surface area contributed by atoms with Crippen molar-refractivity contribution in [3.8, 4) is 22.3 Å². The maximum absolute atomic E-state index is 2.46. The summed E-state index contributed by atoms with van der Waals surface area (Å²) in [5, 5.41) is 0. The minimum Gasteiger partial charge on any atom is -0.311 e. The van der Waals surface area contributed by atoms with Crippen molar-refractivity contribution in [3.05, 3.63) is 298 Å². The van der Waals surface area contributed by atoms with Gasteiger partial charge in [-0.3, -0.25) is 0 Å². The Hall–Kier alpha value is -8.20. The van der Waals surface area contributed by atoms with Crippen LogP contribution < -0.4 is 9.80 Å². The van der Waals surface area contributed by atoms with Gasteiger partial charge in [0.2, 0.25) is 0 Å². The molecule has 0 saturated heterocycles. The molecule has 0 saturated carbocycles. The summed E-state index contributed by atoms with van der Waals surface area (Å²) in [7, 11) is 0. The summed E-state index contributed by atoms with van der Waals surface area (Å²) >= 11 is 0. The van der Waals surface area contributed by atoms with E-state index in [1.54, 1.807) is 0 Å². The van der Waals surface area contributed by atoms with Crippen LogP contribution in [0, 0.1) is 13.8 Å². The lowest BCUT2D eigenvalue weighted by atomic mass is 9.52. The van der Waals surface area contributed by atoms with Gasteiger partial charge in [0, 0.05) is 34.0 Å². The van der Waals surface area contributed by atoms with E-state index in [-0.39, 0.29) is 0 Å². The predicted molar refractivity (Wildman–Crippen MR) is 273 cm³/mol. The number of anilines is 6. The first-order chi connectivity index (χ1) is 32.6. The van der Waals surface area contributed by atoms with Crippen molar-refractivity contribution in [2.75, 3.05) is 9.80 Å². The number of rotatable bonds is 6. The van der Waals surface area contributed by atoms with Gasteiger partial charge >= 0.3 is 0 Å². The molecule has 2 spiro atoms. The van der Waals surface area contributed by atoms with E-state index in [2.05, 4.69) is 266 Å². The van der Waals surface area contributed by atoms with Crippen LogP contribution in [0.25, 0.3) is 22.3 Å². The maximum Gasteiger partial charge on any atom is 0.0720 e. The molecule has 3 aliphatic carbocycles. The van der Waals surface area contributed by atoms with Crippen LogP contribution in [0.4, 0.5) is 34.1 Å². The van der Waals surface area contributed by atoms with Gasteiger partial charge in [0.25, 0.3) is 0 Å². The van der Waals surface area contributed by atoms with Crippen molar-refractivity contribution in [2.24, 2.45) is 0 Å². The summed E-state index contributed by atoms with van der Waals surface area (Å²) in [6, 6.07) is 90.8. The van der Waals surface area contributed by atoms with E-state index >= 15 is 0 Å². The van der Waals surface area contributed by atoms with Gasteiger partial charge in [-0.2, -0.15) is 0 Å². The first-order valence-electron chi connectivity index (χ1n) is 23.1. The standard InChI is InChI=1S/C64H46N2/c1-43-31-35-46(36-32-43)65(47-37-33-44(2)34-38-47)48-39-41-49(42-40-48)66(45-17-4-3-5-18-45)61-30-16-29-60-62(61)52-21-8-11-24-55(52)64(60)58-27-14-12-25-56(58)63(57-26-13-15-28-59(57)64)53-22-9-6-19-50(53)51-20-7-10-23-54(51)63/h3-42H,1-2H3. The van der Waals surface area contributed by atoms with Gasteiger partial charge in [0.05, 0.1) is 16.5 Å². The minimum absolute atomic E-state index is 0.482. The Morgan fingerprint density at radius 2 is 0.561 bits per heavy atom. The first kappa shape index (κ1) is 38.3. The lowest BCUT2D eigenvalue weighted by Gasteiger charge is -2.48. The Balaban J connectivity index is 1.05. The highest BCUT2D eigenvalue weighted by Crippen LogP contribution is 2.68. The molecule has 0 radical (unpaired) electrons. The Morgan fingerprint density at radius 3 is 1.03 bits per heavy atom. The van der Waals surface area contributed by atoms with Crippen LogP contribution >= 0.6 is 0 Å². The molecular formula is C64H46N2. The van der Waals surface area contributed by atoms with Crippen molar-refractivity contribution in [1.29, 1.82) is 0 Å². The fourth-order valence-electron chi connectivity index (χ4n) is 12.0. The van der Waals surface area contributed by atoms with Gasteiger partial charge < -0.3 is 9.80 Å². The average Bonchev–Trinajstić information content (AvgIpc) is 3.84. The molecule has 2 heteroatoms. The van der Waals surface area contributed by atoms with Gasteiger partial charge in [-0.05, 0) is 142 Å². The van der Waals surface area contributed by atoms with Gasteiger partial charge in [-0.1, -0.05) is 187 Å². The summed E-state index contributed by atoms with van der Waals surface area (Å²) in [6.45, 7) is 4.28. The third kappa shape index (κ3) is 5.24. The summed E-state index contributed by atoms with van der Waals surface area (Å²) in [5.74, 6) is 0. The normalized spacial score (nSPS) is 13.8. The third-order valence-corrected chi connectivity index (χ3v) is 14.7. The minimum atomic E-state index is -0.582. The van der Waals surface area contributed by atoms with E-state index in [9.17, 15) is 0 Å². The van der Waals surface area contributed by atoms with Crippen LogP contribution in [0.15, 0.2) is 243 Å². The number of aryl methyl sites for hydroxylation is 2. The molecule has 13 rings (SSSR count). The molecule has 10 aromatic rings. The number of hydrogen-bond donors (Lipinski definition) is 0. The molecular weight excluding hydrogens is 797 g/mol. The van der Waals surface area contributed by atoms with E-state index < -0.39 is 10.8 Å². The van der Waals surface area contributed by atoms with Crippen molar-refractivity contribution in [1.82, 2.24) is 0 Å². The van der Waals surface area contributed by atoms with Gasteiger partial charge in [0.15, 0.2) is 0 Å². The highest BCUT2D eigenvalue weighted by molar-refractivity contribution is 6.00. The fraction of sp³-hybridized carbons (Fsp3) is 0.0625. The van der Waals surface area contributed by atoms with Crippen molar-refractivity contribution >= 4 is 34.1 Å². The van der Waals surface area contributed by atoms with Crippen LogP contribution in [0.5, 0.6) is 0 Å². The number of hydrogen-bond acceptors (Lipinski definition) is 2. The van der Waals surface area contributed by atoms with E-state index in [0.717, 1.165) is 34.1 Å². The molecule has 0 aromatic heterocycles. The van der Waals surface area contributed by atoms with E-state index in [1.807, 2.05) is 0 Å².